The largest absolute Gasteiger partial charge is 0.481 e. The Balaban J connectivity index is 2.05. The number of hydrogen-bond donors (Lipinski definition) is 1. The number of carbonyl (C=O) groups is 2. The predicted octanol–water partition coefficient (Wildman–Crippen LogP) is 3.72. The minimum atomic E-state index is -0.803. The molecule has 0 aromatic heterocycles. The second kappa shape index (κ2) is 8.51. The molecule has 0 heterocycles. The van der Waals surface area contributed by atoms with Gasteiger partial charge in [0.25, 0.3) is 0 Å². The minimum absolute atomic E-state index is 0.0552. The van der Waals surface area contributed by atoms with Gasteiger partial charge in [0, 0.05) is 13.1 Å². The number of fused-ring (bicyclic) bond motifs is 2. The number of carboxylic acid groups (broad SMARTS) is 1. The van der Waals surface area contributed by atoms with Gasteiger partial charge in [0.05, 0.1) is 11.8 Å². The average molecular weight is 321 g/mol. The van der Waals surface area contributed by atoms with E-state index in [0.29, 0.717) is 0 Å². The molecule has 4 atom stereocenters. The van der Waals surface area contributed by atoms with Gasteiger partial charge in [-0.3, -0.25) is 9.59 Å². The van der Waals surface area contributed by atoms with E-state index in [2.05, 4.69) is 19.9 Å². The molecule has 2 aliphatic carbocycles. The summed E-state index contributed by atoms with van der Waals surface area (Å²) >= 11 is 0. The molecular formula is C19H31NO3. The maximum absolute atomic E-state index is 13.1. The van der Waals surface area contributed by atoms with Crippen molar-refractivity contribution in [2.24, 2.45) is 23.7 Å². The zero-order valence-electron chi connectivity index (χ0n) is 14.5. The highest BCUT2D eigenvalue weighted by Crippen LogP contribution is 2.48. The molecule has 4 nitrogen and oxygen atoms in total. The highest BCUT2D eigenvalue weighted by Gasteiger charge is 2.52. The van der Waals surface area contributed by atoms with Crippen molar-refractivity contribution in [3.63, 3.8) is 0 Å². The highest BCUT2D eigenvalue weighted by atomic mass is 16.4. The molecular weight excluding hydrogens is 290 g/mol. The number of allylic oxidation sites excluding steroid dienone is 2. The van der Waals surface area contributed by atoms with E-state index < -0.39 is 11.9 Å². The Labute approximate surface area is 139 Å². The Kier molecular flexibility index (Phi) is 6.67. The number of rotatable bonds is 10. The Morgan fingerprint density at radius 3 is 1.96 bits per heavy atom. The van der Waals surface area contributed by atoms with Gasteiger partial charge in [-0.2, -0.15) is 0 Å². The smallest absolute Gasteiger partial charge is 0.307 e. The summed E-state index contributed by atoms with van der Waals surface area (Å²) in [4.78, 5) is 26.7. The maximum Gasteiger partial charge on any atom is 0.307 e. The van der Waals surface area contributed by atoms with Crippen molar-refractivity contribution in [1.82, 2.24) is 4.90 Å². The van der Waals surface area contributed by atoms with Crippen LogP contribution in [0, 0.1) is 23.7 Å². The lowest BCUT2D eigenvalue weighted by molar-refractivity contribution is -0.151. The molecule has 0 aliphatic heterocycles. The van der Waals surface area contributed by atoms with E-state index in [1.807, 2.05) is 11.0 Å². The van der Waals surface area contributed by atoms with Crippen LogP contribution in [0.25, 0.3) is 0 Å². The number of hydrogen-bond acceptors (Lipinski definition) is 2. The summed E-state index contributed by atoms with van der Waals surface area (Å²) in [5.41, 5.74) is 0. The molecule has 1 saturated carbocycles. The van der Waals surface area contributed by atoms with Crippen molar-refractivity contribution in [1.29, 1.82) is 0 Å². The van der Waals surface area contributed by atoms with Crippen LogP contribution in [-0.2, 0) is 9.59 Å². The average Bonchev–Trinajstić information content (AvgIpc) is 3.14. The van der Waals surface area contributed by atoms with Crippen molar-refractivity contribution < 1.29 is 14.7 Å². The van der Waals surface area contributed by atoms with E-state index in [0.717, 1.165) is 58.0 Å². The van der Waals surface area contributed by atoms with Crippen molar-refractivity contribution in [2.45, 2.75) is 58.8 Å². The van der Waals surface area contributed by atoms with Crippen LogP contribution < -0.4 is 0 Å². The van der Waals surface area contributed by atoms with Crippen molar-refractivity contribution in [3.8, 4) is 0 Å². The summed E-state index contributed by atoms with van der Waals surface area (Å²) < 4.78 is 0. The van der Waals surface area contributed by atoms with Crippen LogP contribution in [0.5, 0.6) is 0 Å². The van der Waals surface area contributed by atoms with Crippen LogP contribution in [0.4, 0.5) is 0 Å². The maximum atomic E-state index is 13.1. The molecule has 0 spiro atoms. The molecule has 1 N–H and O–H groups in total. The lowest BCUT2D eigenvalue weighted by Gasteiger charge is -2.31. The molecule has 0 unspecified atom stereocenters. The van der Waals surface area contributed by atoms with Crippen molar-refractivity contribution >= 4 is 11.9 Å². The van der Waals surface area contributed by atoms with Crippen LogP contribution in [-0.4, -0.2) is 35.0 Å². The first-order chi connectivity index (χ1) is 11.1. The quantitative estimate of drug-likeness (QED) is 0.493. The van der Waals surface area contributed by atoms with E-state index in [1.165, 1.54) is 0 Å². The molecule has 2 aliphatic rings. The zero-order chi connectivity index (χ0) is 16.8. The molecule has 0 saturated heterocycles. The second-order valence-corrected chi connectivity index (χ2v) is 7.08. The third-order valence-electron chi connectivity index (χ3n) is 5.40. The molecule has 0 aromatic rings. The predicted molar refractivity (Wildman–Crippen MR) is 91.0 cm³/mol. The lowest BCUT2D eigenvalue weighted by atomic mass is 9.82. The Morgan fingerprint density at radius 1 is 0.957 bits per heavy atom. The molecule has 130 valence electrons. The molecule has 1 amide bonds. The first-order valence-corrected chi connectivity index (χ1v) is 9.30. The Hall–Kier alpha value is -1.32. The van der Waals surface area contributed by atoms with Gasteiger partial charge in [0.15, 0.2) is 0 Å². The minimum Gasteiger partial charge on any atom is -0.481 e. The summed E-state index contributed by atoms with van der Waals surface area (Å²) in [6.07, 6.45) is 11.5. The Morgan fingerprint density at radius 2 is 1.48 bits per heavy atom. The van der Waals surface area contributed by atoms with Gasteiger partial charge in [-0.25, -0.2) is 0 Å². The van der Waals surface area contributed by atoms with E-state index in [4.69, 9.17) is 0 Å². The summed E-state index contributed by atoms with van der Waals surface area (Å²) in [6.45, 7) is 5.87. The van der Waals surface area contributed by atoms with E-state index in [9.17, 15) is 14.7 Å². The van der Waals surface area contributed by atoms with Gasteiger partial charge in [0.1, 0.15) is 0 Å². The van der Waals surface area contributed by atoms with Crippen LogP contribution in [0.2, 0.25) is 0 Å². The third-order valence-corrected chi connectivity index (χ3v) is 5.40. The molecule has 0 aromatic carbocycles. The van der Waals surface area contributed by atoms with Gasteiger partial charge in [-0.05, 0) is 31.1 Å². The third kappa shape index (κ3) is 4.15. The first-order valence-electron chi connectivity index (χ1n) is 9.30. The van der Waals surface area contributed by atoms with E-state index in [-0.39, 0.29) is 23.7 Å². The number of amides is 1. The van der Waals surface area contributed by atoms with Crippen LogP contribution in [0.3, 0.4) is 0 Å². The van der Waals surface area contributed by atoms with Gasteiger partial charge < -0.3 is 10.0 Å². The van der Waals surface area contributed by atoms with Crippen LogP contribution in [0.1, 0.15) is 58.8 Å². The summed E-state index contributed by atoms with van der Waals surface area (Å²) in [7, 11) is 0. The van der Waals surface area contributed by atoms with Gasteiger partial charge >= 0.3 is 5.97 Å². The van der Waals surface area contributed by atoms with Crippen molar-refractivity contribution in [3.05, 3.63) is 12.2 Å². The fourth-order valence-electron chi connectivity index (χ4n) is 4.14. The summed E-state index contributed by atoms with van der Waals surface area (Å²) in [6, 6.07) is 0. The molecule has 4 heteroatoms. The fraction of sp³-hybridized carbons (Fsp3) is 0.789. The fourth-order valence-corrected chi connectivity index (χ4v) is 4.14. The molecule has 2 bridgehead atoms. The molecule has 2 rings (SSSR count). The normalized spacial score (nSPS) is 28.3. The van der Waals surface area contributed by atoms with Crippen LogP contribution in [0.15, 0.2) is 12.2 Å². The molecule has 0 radical (unpaired) electrons. The van der Waals surface area contributed by atoms with Crippen LogP contribution >= 0.6 is 0 Å². The number of nitrogens with zero attached hydrogens (tertiary/aromatic N) is 1. The zero-order valence-corrected chi connectivity index (χ0v) is 14.5. The van der Waals surface area contributed by atoms with Gasteiger partial charge in [0.2, 0.25) is 5.91 Å². The number of aliphatic carboxylic acids is 1. The summed E-state index contributed by atoms with van der Waals surface area (Å²) in [5, 5.41) is 9.56. The monoisotopic (exact) mass is 321 g/mol. The Bertz CT molecular complexity index is 436. The number of carboxylic acids is 1. The highest BCUT2D eigenvalue weighted by molar-refractivity contribution is 5.87. The topological polar surface area (TPSA) is 57.6 Å². The number of carbonyl (C=O) groups excluding carboxylic acids is 1. The summed E-state index contributed by atoms with van der Waals surface area (Å²) in [5.74, 6) is -1.39. The standard InChI is InChI=1S/C19H31NO3/c1-3-5-7-11-20(12-8-6-4-2)18(21)16-14-9-10-15(13-14)17(16)19(22)23/h9-10,14-17H,3-8,11-13H2,1-2H3,(H,22,23)/t14-,15-,16-,17+/m0/s1. The number of unbranched alkanes of at least 4 members (excludes halogenated alkanes) is 4. The molecule has 1 fully saturated rings. The molecule has 23 heavy (non-hydrogen) atoms. The lowest BCUT2D eigenvalue weighted by Crippen LogP contribution is -2.43. The van der Waals surface area contributed by atoms with Gasteiger partial charge in [-0.1, -0.05) is 51.7 Å². The van der Waals surface area contributed by atoms with Crippen molar-refractivity contribution in [2.75, 3.05) is 13.1 Å². The SMILES string of the molecule is CCCCCN(CCCCC)C(=O)[C@@H]1[C@H](C(=O)O)[C@H]2C=C[C@H]1C2. The van der Waals surface area contributed by atoms with Gasteiger partial charge in [-0.15, -0.1) is 0 Å². The van der Waals surface area contributed by atoms with E-state index in [1.54, 1.807) is 0 Å². The van der Waals surface area contributed by atoms with E-state index >= 15 is 0 Å². The first kappa shape index (κ1) is 18.0. The second-order valence-electron chi connectivity index (χ2n) is 7.08.